The molecule has 1 unspecified atom stereocenters. The number of esters is 1. The third kappa shape index (κ3) is 5.06. The lowest BCUT2D eigenvalue weighted by Gasteiger charge is -2.16. The molecule has 1 aliphatic rings. The van der Waals surface area contributed by atoms with Gasteiger partial charge >= 0.3 is 5.97 Å². The Balaban J connectivity index is 1.30. The van der Waals surface area contributed by atoms with E-state index >= 15 is 0 Å². The Morgan fingerprint density at radius 2 is 1.53 bits per heavy atom. The van der Waals surface area contributed by atoms with Gasteiger partial charge in [-0.15, -0.1) is 0 Å². The fourth-order valence-electron chi connectivity index (χ4n) is 3.48. The Bertz CT molecular complexity index is 1000. The van der Waals surface area contributed by atoms with Gasteiger partial charge in [-0.3, -0.25) is 9.59 Å². The van der Waals surface area contributed by atoms with Crippen molar-refractivity contribution in [2.45, 2.75) is 19.6 Å². The molecule has 152 valence electrons. The number of ether oxygens (including phenoxy) is 2. The van der Waals surface area contributed by atoms with Gasteiger partial charge in [-0.2, -0.15) is 0 Å². The van der Waals surface area contributed by atoms with Gasteiger partial charge in [0.1, 0.15) is 18.1 Å². The summed E-state index contributed by atoms with van der Waals surface area (Å²) < 4.78 is 11.3. The predicted molar refractivity (Wildman–Crippen MR) is 113 cm³/mol. The molecule has 0 aliphatic carbocycles. The number of carbonyl (C=O) groups is 2. The van der Waals surface area contributed by atoms with Crippen molar-refractivity contribution in [2.24, 2.45) is 5.92 Å². The zero-order chi connectivity index (χ0) is 20.8. The van der Waals surface area contributed by atoms with Crippen LogP contribution in [0.25, 0.3) is 0 Å². The van der Waals surface area contributed by atoms with Crippen molar-refractivity contribution in [2.75, 3.05) is 6.54 Å². The highest BCUT2D eigenvalue weighted by atomic mass is 16.5. The van der Waals surface area contributed by atoms with Crippen LogP contribution in [0.4, 0.5) is 0 Å². The summed E-state index contributed by atoms with van der Waals surface area (Å²) in [5.41, 5.74) is 1.89. The smallest absolute Gasteiger partial charge is 0.311 e. The topological polar surface area (TPSA) is 55.8 Å². The minimum absolute atomic E-state index is 0.0148. The van der Waals surface area contributed by atoms with Crippen molar-refractivity contribution >= 4 is 11.9 Å². The van der Waals surface area contributed by atoms with Crippen LogP contribution in [0.3, 0.4) is 0 Å². The van der Waals surface area contributed by atoms with Gasteiger partial charge in [-0.05, 0) is 35.4 Å². The Kier molecular flexibility index (Phi) is 6.09. The number of nitrogens with zero attached hydrogens (tertiary/aromatic N) is 1. The Morgan fingerprint density at radius 3 is 2.30 bits per heavy atom. The molecule has 1 aliphatic heterocycles. The Hall–Kier alpha value is -3.60. The lowest BCUT2D eigenvalue weighted by molar-refractivity contribution is -0.149. The van der Waals surface area contributed by atoms with E-state index in [2.05, 4.69) is 0 Å². The molecule has 5 nitrogen and oxygen atoms in total. The zero-order valence-electron chi connectivity index (χ0n) is 16.6. The minimum atomic E-state index is -0.426. The maximum Gasteiger partial charge on any atom is 0.311 e. The summed E-state index contributed by atoms with van der Waals surface area (Å²) in [6.07, 6.45) is 0.197. The van der Waals surface area contributed by atoms with Crippen molar-refractivity contribution in [1.82, 2.24) is 4.90 Å². The molecular formula is C25H23NO4. The standard InChI is InChI=1S/C25H23NO4/c27-24-15-21(17-26(24)16-19-8-3-1-4-9-19)25(28)29-18-20-10-7-13-23(14-20)30-22-11-5-2-6-12-22/h1-14,21H,15-18H2. The molecule has 0 bridgehead atoms. The van der Waals surface area contributed by atoms with Gasteiger partial charge in [0.15, 0.2) is 0 Å². The summed E-state index contributed by atoms with van der Waals surface area (Å²) >= 11 is 0. The van der Waals surface area contributed by atoms with E-state index in [1.54, 1.807) is 4.90 Å². The third-order valence-corrected chi connectivity index (χ3v) is 5.02. The van der Waals surface area contributed by atoms with Crippen LogP contribution < -0.4 is 4.74 Å². The van der Waals surface area contributed by atoms with Crippen LogP contribution in [0.15, 0.2) is 84.9 Å². The van der Waals surface area contributed by atoms with E-state index in [-0.39, 0.29) is 24.9 Å². The van der Waals surface area contributed by atoms with Crippen LogP contribution >= 0.6 is 0 Å². The first-order valence-corrected chi connectivity index (χ1v) is 9.97. The quantitative estimate of drug-likeness (QED) is 0.544. The van der Waals surface area contributed by atoms with E-state index < -0.39 is 5.92 Å². The van der Waals surface area contributed by atoms with Crippen LogP contribution in [0.5, 0.6) is 11.5 Å². The number of hydrogen-bond acceptors (Lipinski definition) is 4. The summed E-state index contributed by atoms with van der Waals surface area (Å²) in [6, 6.07) is 26.7. The first kappa shape index (κ1) is 19.7. The number of rotatable bonds is 7. The second-order valence-electron chi connectivity index (χ2n) is 7.33. The summed E-state index contributed by atoms with van der Waals surface area (Å²) in [6.45, 7) is 1.06. The summed E-state index contributed by atoms with van der Waals surface area (Å²) in [5.74, 6) is 0.645. The van der Waals surface area contributed by atoms with Crippen molar-refractivity contribution in [3.05, 3.63) is 96.1 Å². The van der Waals surface area contributed by atoms with E-state index in [1.807, 2.05) is 84.9 Å². The van der Waals surface area contributed by atoms with Crippen LogP contribution in [0.2, 0.25) is 0 Å². The molecule has 1 saturated heterocycles. The van der Waals surface area contributed by atoms with Gasteiger partial charge < -0.3 is 14.4 Å². The van der Waals surface area contributed by atoms with E-state index in [1.165, 1.54) is 0 Å². The molecule has 3 aromatic rings. The van der Waals surface area contributed by atoms with E-state index in [4.69, 9.17) is 9.47 Å². The van der Waals surface area contributed by atoms with E-state index in [0.717, 1.165) is 16.9 Å². The van der Waals surface area contributed by atoms with Gasteiger partial charge in [-0.25, -0.2) is 0 Å². The van der Waals surface area contributed by atoms with E-state index in [0.29, 0.717) is 18.8 Å². The molecule has 4 rings (SSSR count). The van der Waals surface area contributed by atoms with E-state index in [9.17, 15) is 9.59 Å². The molecule has 1 fully saturated rings. The SMILES string of the molecule is O=C(OCc1cccc(Oc2ccccc2)c1)C1CC(=O)N(Cc2ccccc2)C1. The molecule has 5 heteroatoms. The lowest BCUT2D eigenvalue weighted by Crippen LogP contribution is -2.26. The highest BCUT2D eigenvalue weighted by Crippen LogP contribution is 2.24. The summed E-state index contributed by atoms with van der Waals surface area (Å²) in [4.78, 5) is 26.5. The number of hydrogen-bond donors (Lipinski definition) is 0. The van der Waals surface area contributed by atoms with Crippen LogP contribution in [-0.2, 0) is 27.5 Å². The fraction of sp³-hybridized carbons (Fsp3) is 0.200. The van der Waals surface area contributed by atoms with Gasteiger partial charge in [0.2, 0.25) is 5.91 Å². The highest BCUT2D eigenvalue weighted by Gasteiger charge is 2.35. The zero-order valence-corrected chi connectivity index (χ0v) is 16.6. The molecule has 1 amide bonds. The van der Waals surface area contributed by atoms with Crippen molar-refractivity contribution in [3.8, 4) is 11.5 Å². The average Bonchev–Trinajstić information content (AvgIpc) is 3.14. The second kappa shape index (κ2) is 9.27. The Morgan fingerprint density at radius 1 is 0.867 bits per heavy atom. The number of carbonyl (C=O) groups excluding carboxylic acids is 2. The van der Waals surface area contributed by atoms with Crippen LogP contribution in [0.1, 0.15) is 17.5 Å². The number of likely N-dealkylation sites (tertiary alicyclic amines) is 1. The lowest BCUT2D eigenvalue weighted by atomic mass is 10.1. The molecule has 0 spiro atoms. The average molecular weight is 401 g/mol. The first-order chi connectivity index (χ1) is 14.7. The van der Waals surface area contributed by atoms with Gasteiger partial charge in [-0.1, -0.05) is 60.7 Å². The van der Waals surface area contributed by atoms with Crippen LogP contribution in [0, 0.1) is 5.92 Å². The van der Waals surface area contributed by atoms with Crippen LogP contribution in [-0.4, -0.2) is 23.3 Å². The largest absolute Gasteiger partial charge is 0.461 e. The number of benzene rings is 3. The molecule has 0 radical (unpaired) electrons. The van der Waals surface area contributed by atoms with Gasteiger partial charge in [0.25, 0.3) is 0 Å². The molecule has 30 heavy (non-hydrogen) atoms. The van der Waals surface area contributed by atoms with Gasteiger partial charge in [0, 0.05) is 19.5 Å². The highest BCUT2D eigenvalue weighted by molar-refractivity contribution is 5.86. The molecule has 1 heterocycles. The fourth-order valence-corrected chi connectivity index (χ4v) is 3.48. The molecule has 0 N–H and O–H groups in total. The third-order valence-electron chi connectivity index (χ3n) is 5.02. The Labute approximate surface area is 175 Å². The van der Waals surface area contributed by atoms with Crippen molar-refractivity contribution < 1.29 is 19.1 Å². The van der Waals surface area contributed by atoms with Gasteiger partial charge in [0.05, 0.1) is 5.92 Å². The maximum atomic E-state index is 12.5. The maximum absolute atomic E-state index is 12.5. The number of amides is 1. The first-order valence-electron chi connectivity index (χ1n) is 9.97. The molecule has 1 atom stereocenters. The molecule has 3 aromatic carbocycles. The summed E-state index contributed by atoms with van der Waals surface area (Å²) in [5, 5.41) is 0. The molecule has 0 aromatic heterocycles. The normalized spacial score (nSPS) is 15.8. The van der Waals surface area contributed by atoms with Crippen molar-refractivity contribution in [1.29, 1.82) is 0 Å². The number of para-hydroxylation sites is 1. The second-order valence-corrected chi connectivity index (χ2v) is 7.33. The molecule has 0 saturated carbocycles. The monoisotopic (exact) mass is 401 g/mol. The van der Waals surface area contributed by atoms with Crippen molar-refractivity contribution in [3.63, 3.8) is 0 Å². The summed E-state index contributed by atoms with van der Waals surface area (Å²) in [7, 11) is 0. The minimum Gasteiger partial charge on any atom is -0.461 e. The predicted octanol–water partition coefficient (Wildman–Crippen LogP) is 4.57. The molecular weight excluding hydrogens is 378 g/mol.